The lowest BCUT2D eigenvalue weighted by molar-refractivity contribution is 0.766. The van der Waals surface area contributed by atoms with Crippen molar-refractivity contribution >= 4 is 33.7 Å². The van der Waals surface area contributed by atoms with Gasteiger partial charge in [-0.2, -0.15) is 0 Å². The zero-order valence-electron chi connectivity index (χ0n) is 13.3. The Morgan fingerprint density at radius 2 is 2.00 bits per heavy atom. The number of nitrogens with zero attached hydrogens (tertiary/aromatic N) is 1. The van der Waals surface area contributed by atoms with Crippen LogP contribution in [-0.2, 0) is 6.42 Å². The molecule has 3 nitrogen and oxygen atoms in total. The predicted octanol–water partition coefficient (Wildman–Crippen LogP) is 5.11. The maximum absolute atomic E-state index is 4.61. The van der Waals surface area contributed by atoms with Crippen molar-refractivity contribution < 1.29 is 0 Å². The molecule has 0 saturated carbocycles. The summed E-state index contributed by atoms with van der Waals surface area (Å²) in [5.74, 6) is 0.461. The quantitative estimate of drug-likeness (QED) is 0.513. The van der Waals surface area contributed by atoms with Crippen molar-refractivity contribution in [2.75, 3.05) is 6.26 Å². The van der Waals surface area contributed by atoms with E-state index in [9.17, 15) is 0 Å². The second kappa shape index (κ2) is 5.78. The van der Waals surface area contributed by atoms with Crippen LogP contribution in [0, 0.1) is 0 Å². The maximum atomic E-state index is 4.61. The first kappa shape index (κ1) is 14.4. The normalized spacial score (nSPS) is 13.0. The van der Waals surface area contributed by atoms with Crippen molar-refractivity contribution in [3.63, 3.8) is 0 Å². The van der Waals surface area contributed by atoms with Crippen LogP contribution < -0.4 is 0 Å². The molecular formula is C19H19N3S. The molecule has 2 aromatic heterocycles. The summed E-state index contributed by atoms with van der Waals surface area (Å²) >= 11 is 1.64. The van der Waals surface area contributed by atoms with E-state index in [2.05, 4.69) is 70.5 Å². The van der Waals surface area contributed by atoms with Crippen molar-refractivity contribution in [2.45, 2.75) is 24.4 Å². The number of aromatic amines is 2. The molecule has 0 amide bonds. The van der Waals surface area contributed by atoms with Crippen LogP contribution in [0.2, 0.25) is 0 Å². The van der Waals surface area contributed by atoms with Crippen LogP contribution in [0.5, 0.6) is 0 Å². The highest BCUT2D eigenvalue weighted by molar-refractivity contribution is 7.98. The van der Waals surface area contributed by atoms with E-state index >= 15 is 0 Å². The van der Waals surface area contributed by atoms with Gasteiger partial charge in [-0.25, -0.2) is 4.98 Å². The smallest absolute Gasteiger partial charge is 0.166 e. The molecule has 0 aliphatic rings. The van der Waals surface area contributed by atoms with E-state index in [1.807, 2.05) is 6.26 Å². The van der Waals surface area contributed by atoms with Crippen LogP contribution in [0.15, 0.2) is 53.8 Å². The number of hydrogen-bond acceptors (Lipinski definition) is 2. The molecule has 0 aliphatic carbocycles. The molecule has 0 fully saturated rings. The highest BCUT2D eigenvalue weighted by atomic mass is 32.2. The second-order valence-electron chi connectivity index (χ2n) is 5.99. The van der Waals surface area contributed by atoms with E-state index in [1.54, 1.807) is 11.8 Å². The molecule has 2 aromatic carbocycles. The minimum Gasteiger partial charge on any atom is -0.361 e. The van der Waals surface area contributed by atoms with Gasteiger partial charge in [0.25, 0.3) is 0 Å². The summed E-state index contributed by atoms with van der Waals surface area (Å²) in [7, 11) is 0. The van der Waals surface area contributed by atoms with Crippen LogP contribution in [0.3, 0.4) is 0 Å². The largest absolute Gasteiger partial charge is 0.361 e. The van der Waals surface area contributed by atoms with Crippen molar-refractivity contribution in [2.24, 2.45) is 0 Å². The molecule has 2 heterocycles. The van der Waals surface area contributed by atoms with E-state index in [0.717, 1.165) is 22.6 Å². The Morgan fingerprint density at radius 3 is 2.87 bits per heavy atom. The third-order valence-electron chi connectivity index (χ3n) is 4.41. The Labute approximate surface area is 139 Å². The van der Waals surface area contributed by atoms with E-state index in [-0.39, 0.29) is 0 Å². The van der Waals surface area contributed by atoms with Gasteiger partial charge in [0.05, 0.1) is 11.0 Å². The molecule has 23 heavy (non-hydrogen) atoms. The summed E-state index contributed by atoms with van der Waals surface area (Å²) in [6, 6.07) is 15.0. The Morgan fingerprint density at radius 1 is 1.13 bits per heavy atom. The van der Waals surface area contributed by atoms with Gasteiger partial charge >= 0.3 is 0 Å². The zero-order valence-corrected chi connectivity index (χ0v) is 14.1. The third-order valence-corrected chi connectivity index (χ3v) is 4.99. The first-order chi connectivity index (χ1) is 11.2. The topological polar surface area (TPSA) is 44.5 Å². The Hall–Kier alpha value is -2.20. The third kappa shape index (κ3) is 2.63. The molecular weight excluding hydrogens is 302 g/mol. The monoisotopic (exact) mass is 321 g/mol. The molecule has 0 spiro atoms. The number of aromatic nitrogens is 3. The molecule has 0 saturated heterocycles. The molecule has 2 N–H and O–H groups in total. The molecule has 4 heteroatoms. The van der Waals surface area contributed by atoms with Gasteiger partial charge < -0.3 is 9.97 Å². The molecule has 116 valence electrons. The average Bonchev–Trinajstić information content (AvgIpc) is 3.18. The zero-order chi connectivity index (χ0) is 15.8. The first-order valence-electron chi connectivity index (χ1n) is 7.83. The van der Waals surface area contributed by atoms with Crippen LogP contribution in [-0.4, -0.2) is 21.2 Å². The minimum atomic E-state index is 0.461. The number of benzene rings is 2. The Bertz CT molecular complexity index is 967. The maximum Gasteiger partial charge on any atom is 0.166 e. The summed E-state index contributed by atoms with van der Waals surface area (Å²) in [5.41, 5.74) is 6.08. The average molecular weight is 321 g/mol. The Balaban J connectivity index is 1.64. The van der Waals surface area contributed by atoms with Crippen LogP contribution in [0.25, 0.3) is 21.9 Å². The molecule has 4 aromatic rings. The second-order valence-corrected chi connectivity index (χ2v) is 6.79. The van der Waals surface area contributed by atoms with Crippen molar-refractivity contribution in [1.29, 1.82) is 0 Å². The fourth-order valence-corrected chi connectivity index (χ4v) is 3.62. The summed E-state index contributed by atoms with van der Waals surface area (Å²) in [6.07, 6.45) is 5.20. The molecule has 4 rings (SSSR count). The van der Waals surface area contributed by atoms with E-state index < -0.39 is 0 Å². The number of nitrogens with one attached hydrogen (secondary N) is 2. The predicted molar refractivity (Wildman–Crippen MR) is 98.3 cm³/mol. The van der Waals surface area contributed by atoms with Crippen molar-refractivity contribution in [3.8, 4) is 0 Å². The van der Waals surface area contributed by atoms with Crippen LogP contribution >= 0.6 is 11.8 Å². The van der Waals surface area contributed by atoms with Gasteiger partial charge in [-0.3, -0.25) is 0 Å². The minimum absolute atomic E-state index is 0.461. The van der Waals surface area contributed by atoms with E-state index in [0.29, 0.717) is 5.92 Å². The number of para-hydroxylation sites is 1. The van der Waals surface area contributed by atoms with Gasteiger partial charge in [0, 0.05) is 17.1 Å². The summed E-state index contributed by atoms with van der Waals surface area (Å²) < 4.78 is 0. The number of rotatable bonds is 4. The Kier molecular flexibility index (Phi) is 3.62. The van der Waals surface area contributed by atoms with Crippen LogP contribution in [0.1, 0.15) is 24.0 Å². The lowest BCUT2D eigenvalue weighted by atomic mass is 9.93. The molecule has 1 atom stereocenters. The number of thioether (sulfide) groups is 1. The number of imidazole rings is 1. The SMILES string of the molecule is CSc1nc2cc(CC(C)c3c[nH]c4ccccc34)ccc2[nH]1. The fraction of sp³-hybridized carbons (Fsp3) is 0.211. The van der Waals surface area contributed by atoms with Crippen LogP contribution in [0.4, 0.5) is 0 Å². The van der Waals surface area contributed by atoms with Gasteiger partial charge in [-0.1, -0.05) is 43.0 Å². The number of fused-ring (bicyclic) bond motifs is 2. The van der Waals surface area contributed by atoms with Gasteiger partial charge in [-0.15, -0.1) is 0 Å². The number of H-pyrrole nitrogens is 2. The van der Waals surface area contributed by atoms with Gasteiger partial charge in [-0.05, 0) is 47.9 Å². The lowest BCUT2D eigenvalue weighted by Crippen LogP contribution is -1.97. The molecule has 0 bridgehead atoms. The summed E-state index contributed by atoms with van der Waals surface area (Å²) in [4.78, 5) is 11.3. The van der Waals surface area contributed by atoms with E-state index in [4.69, 9.17) is 0 Å². The molecule has 1 unspecified atom stereocenters. The van der Waals surface area contributed by atoms with Crippen molar-refractivity contribution in [1.82, 2.24) is 15.0 Å². The first-order valence-corrected chi connectivity index (χ1v) is 9.05. The van der Waals surface area contributed by atoms with E-state index in [1.165, 1.54) is 22.0 Å². The standard InChI is InChI=1S/C19H19N3S/c1-12(15-11-20-16-6-4-3-5-14(15)16)9-13-7-8-17-18(10-13)22-19(21-17)23-2/h3-8,10-12,20H,9H2,1-2H3,(H,21,22). The van der Waals surface area contributed by atoms with Gasteiger partial charge in [0.15, 0.2) is 5.16 Å². The summed E-state index contributed by atoms with van der Waals surface area (Å²) in [6.45, 7) is 2.29. The highest BCUT2D eigenvalue weighted by Gasteiger charge is 2.12. The molecule has 0 aliphatic heterocycles. The summed E-state index contributed by atoms with van der Waals surface area (Å²) in [5, 5.41) is 2.30. The fourth-order valence-electron chi connectivity index (χ4n) is 3.22. The molecule has 0 radical (unpaired) electrons. The number of hydrogen-bond donors (Lipinski definition) is 2. The van der Waals surface area contributed by atoms with Gasteiger partial charge in [0.2, 0.25) is 0 Å². The van der Waals surface area contributed by atoms with Gasteiger partial charge in [0.1, 0.15) is 0 Å². The highest BCUT2D eigenvalue weighted by Crippen LogP contribution is 2.29. The van der Waals surface area contributed by atoms with Crippen molar-refractivity contribution in [3.05, 3.63) is 59.8 Å². The lowest BCUT2D eigenvalue weighted by Gasteiger charge is -2.11.